The van der Waals surface area contributed by atoms with Crippen molar-refractivity contribution in [3.05, 3.63) is 18.2 Å². The maximum Gasteiger partial charge on any atom is 0.318 e. The maximum absolute atomic E-state index is 13.2. The van der Waals surface area contributed by atoms with Crippen LogP contribution < -0.4 is 5.32 Å². The summed E-state index contributed by atoms with van der Waals surface area (Å²) in [5.74, 6) is 0. The Morgan fingerprint density at radius 3 is 2.70 bits per heavy atom. The van der Waals surface area contributed by atoms with Crippen molar-refractivity contribution in [1.82, 2.24) is 24.8 Å². The molecule has 0 aliphatic carbocycles. The van der Waals surface area contributed by atoms with E-state index in [1.165, 1.54) is 10.4 Å². The van der Waals surface area contributed by atoms with Crippen LogP contribution in [0.3, 0.4) is 0 Å². The van der Waals surface area contributed by atoms with Crippen LogP contribution in [0.15, 0.2) is 27.7 Å². The molecule has 162 valence electrons. The number of aliphatic hydroxyl groups is 1. The van der Waals surface area contributed by atoms with Gasteiger partial charge in [0.2, 0.25) is 10.0 Å². The number of nitrogens with zero attached hydrogens (tertiary/aromatic N) is 4. The van der Waals surface area contributed by atoms with E-state index >= 15 is 0 Å². The van der Waals surface area contributed by atoms with Crippen molar-refractivity contribution >= 4 is 27.1 Å². The van der Waals surface area contributed by atoms with Gasteiger partial charge in [0.05, 0.1) is 6.10 Å². The number of carbonyl (C=O) groups is 1. The van der Waals surface area contributed by atoms with Crippen LogP contribution in [-0.2, 0) is 10.0 Å². The SMILES string of the molecule is O=C(N[C@H]1CCCN(S(=O)(=O)c2cccc3nonc23)C1)N1C2CCC1CC(O)C2. The number of nitrogens with one attached hydrogen (secondary N) is 1. The number of piperidine rings is 2. The average molecular weight is 436 g/mol. The molecule has 0 spiro atoms. The van der Waals surface area contributed by atoms with E-state index in [1.807, 2.05) is 4.90 Å². The molecule has 3 aliphatic rings. The Labute approximate surface area is 174 Å². The Balaban J connectivity index is 1.30. The zero-order valence-corrected chi connectivity index (χ0v) is 17.3. The van der Waals surface area contributed by atoms with Gasteiger partial charge in [0.1, 0.15) is 10.4 Å². The first-order chi connectivity index (χ1) is 14.4. The maximum atomic E-state index is 13.2. The summed E-state index contributed by atoms with van der Waals surface area (Å²) >= 11 is 0. The molecule has 30 heavy (non-hydrogen) atoms. The Kier molecular flexibility index (Phi) is 4.91. The van der Waals surface area contributed by atoms with Gasteiger partial charge >= 0.3 is 6.03 Å². The highest BCUT2D eigenvalue weighted by Crippen LogP contribution is 2.36. The summed E-state index contributed by atoms with van der Waals surface area (Å²) in [6.07, 6.45) is 4.10. The smallest absolute Gasteiger partial charge is 0.318 e. The van der Waals surface area contributed by atoms with Gasteiger partial charge in [-0.2, -0.15) is 4.31 Å². The zero-order valence-electron chi connectivity index (χ0n) is 16.5. The molecule has 1 aromatic heterocycles. The van der Waals surface area contributed by atoms with Crippen LogP contribution >= 0.6 is 0 Å². The number of benzene rings is 1. The minimum Gasteiger partial charge on any atom is -0.393 e. The summed E-state index contributed by atoms with van der Waals surface area (Å²) in [5, 5.41) is 20.5. The van der Waals surface area contributed by atoms with E-state index < -0.39 is 10.0 Å². The Bertz CT molecular complexity index is 1040. The molecule has 2 N–H and O–H groups in total. The lowest BCUT2D eigenvalue weighted by molar-refractivity contribution is 0.0528. The van der Waals surface area contributed by atoms with Crippen molar-refractivity contribution in [2.45, 2.75) is 67.6 Å². The average Bonchev–Trinajstić information content (AvgIpc) is 3.30. The van der Waals surface area contributed by atoms with Crippen molar-refractivity contribution in [3.8, 4) is 0 Å². The molecule has 10 nitrogen and oxygen atoms in total. The van der Waals surface area contributed by atoms with E-state index in [4.69, 9.17) is 4.63 Å². The first-order valence-corrected chi connectivity index (χ1v) is 11.9. The number of carbonyl (C=O) groups excluding carboxylic acids is 1. The van der Waals surface area contributed by atoms with Gasteiger partial charge in [-0.3, -0.25) is 0 Å². The molecule has 2 aromatic rings. The molecule has 11 heteroatoms. The fraction of sp³-hybridized carbons (Fsp3) is 0.632. The van der Waals surface area contributed by atoms with Gasteiger partial charge in [0.25, 0.3) is 0 Å². The summed E-state index contributed by atoms with van der Waals surface area (Å²) in [5.41, 5.74) is 0.604. The molecule has 2 bridgehead atoms. The van der Waals surface area contributed by atoms with Crippen molar-refractivity contribution in [2.75, 3.05) is 13.1 Å². The van der Waals surface area contributed by atoms with Gasteiger partial charge in [-0.05, 0) is 61.0 Å². The lowest BCUT2D eigenvalue weighted by atomic mass is 10.0. The van der Waals surface area contributed by atoms with Crippen molar-refractivity contribution in [2.24, 2.45) is 0 Å². The number of aromatic nitrogens is 2. The number of urea groups is 1. The van der Waals surface area contributed by atoms with Crippen molar-refractivity contribution in [1.29, 1.82) is 0 Å². The van der Waals surface area contributed by atoms with Crippen LogP contribution in [0.25, 0.3) is 11.0 Å². The summed E-state index contributed by atoms with van der Waals surface area (Å²) in [7, 11) is -3.80. The summed E-state index contributed by atoms with van der Waals surface area (Å²) in [4.78, 5) is 14.9. The molecule has 2 amide bonds. The zero-order chi connectivity index (χ0) is 20.9. The molecule has 0 radical (unpaired) electrons. The number of amides is 2. The Hall–Kier alpha value is -2.24. The number of aliphatic hydroxyl groups excluding tert-OH is 1. The second kappa shape index (κ2) is 7.47. The predicted molar refractivity (Wildman–Crippen MR) is 106 cm³/mol. The molecular formula is C19H25N5O5S. The molecule has 4 heterocycles. The fourth-order valence-electron chi connectivity index (χ4n) is 5.14. The lowest BCUT2D eigenvalue weighted by Gasteiger charge is -2.39. The molecule has 2 unspecified atom stereocenters. The Morgan fingerprint density at radius 2 is 1.93 bits per heavy atom. The van der Waals surface area contributed by atoms with Crippen LogP contribution in [0.5, 0.6) is 0 Å². The quantitative estimate of drug-likeness (QED) is 0.738. The van der Waals surface area contributed by atoms with Crippen LogP contribution in [-0.4, -0.2) is 76.4 Å². The number of hydrogen-bond acceptors (Lipinski definition) is 7. The summed E-state index contributed by atoms with van der Waals surface area (Å²) in [6, 6.07) is 4.49. The highest BCUT2D eigenvalue weighted by molar-refractivity contribution is 7.89. The minimum atomic E-state index is -3.80. The van der Waals surface area contributed by atoms with E-state index in [9.17, 15) is 18.3 Å². The van der Waals surface area contributed by atoms with Gasteiger partial charge < -0.3 is 15.3 Å². The third kappa shape index (κ3) is 3.34. The minimum absolute atomic E-state index is 0.0660. The van der Waals surface area contributed by atoms with Crippen LogP contribution in [0.2, 0.25) is 0 Å². The van der Waals surface area contributed by atoms with Gasteiger partial charge in [0.15, 0.2) is 5.52 Å². The highest BCUT2D eigenvalue weighted by Gasteiger charge is 2.43. The number of hydrogen-bond donors (Lipinski definition) is 2. The Morgan fingerprint density at radius 1 is 1.17 bits per heavy atom. The second-order valence-electron chi connectivity index (χ2n) is 8.46. The number of fused-ring (bicyclic) bond motifs is 3. The first kappa shape index (κ1) is 19.7. The third-order valence-electron chi connectivity index (χ3n) is 6.52. The van der Waals surface area contributed by atoms with E-state index in [0.29, 0.717) is 31.3 Å². The van der Waals surface area contributed by atoms with Crippen LogP contribution in [0.1, 0.15) is 38.5 Å². The lowest BCUT2D eigenvalue weighted by Crippen LogP contribution is -2.57. The van der Waals surface area contributed by atoms with Gasteiger partial charge in [0, 0.05) is 31.2 Å². The fourth-order valence-corrected chi connectivity index (χ4v) is 6.80. The largest absolute Gasteiger partial charge is 0.393 e. The summed E-state index contributed by atoms with van der Waals surface area (Å²) < 4.78 is 32.6. The van der Waals surface area contributed by atoms with E-state index in [0.717, 1.165) is 19.3 Å². The van der Waals surface area contributed by atoms with Gasteiger partial charge in [-0.15, -0.1) is 0 Å². The monoisotopic (exact) mass is 435 g/mol. The number of sulfonamides is 1. The molecule has 5 rings (SSSR count). The standard InChI is InChI=1S/C19H25N5O5S/c25-15-9-13-6-7-14(10-15)24(13)19(26)20-12-3-2-8-23(11-12)30(27,28)17-5-1-4-16-18(17)22-29-21-16/h1,4-5,12-15,25H,2-3,6-11H2,(H,20,26)/t12-,13?,14?,15?/m0/s1. The van der Waals surface area contributed by atoms with E-state index in [-0.39, 0.29) is 47.2 Å². The molecule has 3 atom stereocenters. The molecular weight excluding hydrogens is 410 g/mol. The normalized spacial score (nSPS) is 30.0. The molecule has 0 saturated carbocycles. The summed E-state index contributed by atoms with van der Waals surface area (Å²) in [6.45, 7) is 0.596. The van der Waals surface area contributed by atoms with E-state index in [1.54, 1.807) is 12.1 Å². The van der Waals surface area contributed by atoms with Crippen molar-refractivity contribution in [3.63, 3.8) is 0 Å². The molecule has 1 aromatic carbocycles. The molecule has 3 fully saturated rings. The topological polar surface area (TPSA) is 129 Å². The van der Waals surface area contributed by atoms with Crippen molar-refractivity contribution < 1.29 is 22.9 Å². The second-order valence-corrected chi connectivity index (χ2v) is 10.4. The predicted octanol–water partition coefficient (Wildman–Crippen LogP) is 1.07. The first-order valence-electron chi connectivity index (χ1n) is 10.4. The third-order valence-corrected chi connectivity index (χ3v) is 8.42. The van der Waals surface area contributed by atoms with Crippen LogP contribution in [0, 0.1) is 0 Å². The molecule has 3 saturated heterocycles. The highest BCUT2D eigenvalue weighted by atomic mass is 32.2. The van der Waals surface area contributed by atoms with E-state index in [2.05, 4.69) is 15.6 Å². The van der Waals surface area contributed by atoms with Crippen LogP contribution in [0.4, 0.5) is 4.79 Å². The van der Waals surface area contributed by atoms with Gasteiger partial charge in [-0.1, -0.05) is 6.07 Å². The molecule has 3 aliphatic heterocycles. The number of rotatable bonds is 3. The van der Waals surface area contributed by atoms with Gasteiger partial charge in [-0.25, -0.2) is 17.8 Å².